The minimum absolute atomic E-state index is 0.0133. The Bertz CT molecular complexity index is 1340. The predicted octanol–water partition coefficient (Wildman–Crippen LogP) is 4.81. The third kappa shape index (κ3) is 4.42. The topological polar surface area (TPSA) is 95.9 Å². The van der Waals surface area contributed by atoms with Gasteiger partial charge in [-0.2, -0.15) is 0 Å². The van der Waals surface area contributed by atoms with Crippen LogP contribution in [-0.2, 0) is 20.9 Å². The largest absolute Gasteiger partial charge is 0.480 e. The number of benzene rings is 3. The molecular formula is C31H30N2O5. The standard InChI is InChI=1S/C31H30N2O5/c34-28(35)18-33(17-20-8-2-1-3-9-20)29(36)31-15-21(31)14-22(16-31)32-30(37)38-19-27-25-12-6-4-10-23(25)24-11-5-7-13-26(24)27/h1-13,21-22,27H,14-19H2,(H,32,37)(H,34,35). The fraction of sp³-hybridized carbons (Fsp3) is 0.323. The van der Waals surface area contributed by atoms with E-state index in [9.17, 15) is 19.5 Å². The van der Waals surface area contributed by atoms with Crippen molar-refractivity contribution in [1.29, 1.82) is 0 Å². The summed E-state index contributed by atoms with van der Waals surface area (Å²) in [6.07, 6.45) is 1.46. The van der Waals surface area contributed by atoms with Gasteiger partial charge < -0.3 is 20.1 Å². The molecule has 3 aliphatic rings. The van der Waals surface area contributed by atoms with Gasteiger partial charge in [0, 0.05) is 18.5 Å². The molecule has 2 saturated carbocycles. The number of hydrogen-bond donors (Lipinski definition) is 2. The first-order valence-electron chi connectivity index (χ1n) is 13.1. The van der Waals surface area contributed by atoms with E-state index in [0.717, 1.165) is 23.1 Å². The fourth-order valence-electron chi connectivity index (χ4n) is 6.55. The molecule has 0 aliphatic heterocycles. The minimum atomic E-state index is -1.03. The molecule has 7 nitrogen and oxygen atoms in total. The second-order valence-corrected chi connectivity index (χ2v) is 10.7. The van der Waals surface area contributed by atoms with Gasteiger partial charge >= 0.3 is 12.1 Å². The zero-order valence-electron chi connectivity index (χ0n) is 21.0. The first kappa shape index (κ1) is 24.2. The van der Waals surface area contributed by atoms with Crippen molar-refractivity contribution >= 4 is 18.0 Å². The van der Waals surface area contributed by atoms with E-state index in [0.29, 0.717) is 12.8 Å². The summed E-state index contributed by atoms with van der Waals surface area (Å²) >= 11 is 0. The summed E-state index contributed by atoms with van der Waals surface area (Å²) in [7, 11) is 0. The molecule has 2 fully saturated rings. The number of nitrogens with zero attached hydrogens (tertiary/aromatic N) is 1. The van der Waals surface area contributed by atoms with Gasteiger partial charge in [-0.3, -0.25) is 9.59 Å². The van der Waals surface area contributed by atoms with Gasteiger partial charge in [0.25, 0.3) is 0 Å². The van der Waals surface area contributed by atoms with Crippen LogP contribution >= 0.6 is 0 Å². The number of carboxylic acids is 1. The van der Waals surface area contributed by atoms with Gasteiger partial charge in [-0.25, -0.2) is 4.79 Å². The average Bonchev–Trinajstić information content (AvgIpc) is 3.34. The van der Waals surface area contributed by atoms with Crippen LogP contribution in [0, 0.1) is 11.3 Å². The summed E-state index contributed by atoms with van der Waals surface area (Å²) in [6.45, 7) is 0.154. The normalized spacial score (nSPS) is 22.6. The number of carbonyl (C=O) groups is 3. The molecule has 3 aromatic rings. The third-order valence-corrected chi connectivity index (χ3v) is 8.33. The van der Waals surface area contributed by atoms with E-state index in [1.54, 1.807) is 0 Å². The van der Waals surface area contributed by atoms with Crippen LogP contribution in [0.2, 0.25) is 0 Å². The summed E-state index contributed by atoms with van der Waals surface area (Å²) in [6, 6.07) is 25.7. The number of aliphatic carboxylic acids is 1. The van der Waals surface area contributed by atoms with Crippen LogP contribution in [0.4, 0.5) is 4.79 Å². The van der Waals surface area contributed by atoms with E-state index in [1.165, 1.54) is 16.0 Å². The zero-order chi connectivity index (χ0) is 26.3. The Morgan fingerprint density at radius 2 is 1.53 bits per heavy atom. The number of amides is 2. The molecule has 3 atom stereocenters. The first-order chi connectivity index (χ1) is 18.4. The summed E-state index contributed by atoms with van der Waals surface area (Å²) in [5, 5.41) is 12.4. The number of carbonyl (C=O) groups excluding carboxylic acids is 2. The SMILES string of the molecule is O=C(O)CN(Cc1ccccc1)C(=O)C12CC(NC(=O)OCC3c4ccccc4-c4ccccc43)CC1C2. The summed E-state index contributed by atoms with van der Waals surface area (Å²) in [4.78, 5) is 39.3. The van der Waals surface area contributed by atoms with E-state index in [2.05, 4.69) is 29.6 Å². The van der Waals surface area contributed by atoms with Crippen LogP contribution in [0.3, 0.4) is 0 Å². The molecule has 0 saturated heterocycles. The second-order valence-electron chi connectivity index (χ2n) is 10.7. The van der Waals surface area contributed by atoms with E-state index in [1.807, 2.05) is 54.6 Å². The van der Waals surface area contributed by atoms with Gasteiger partial charge in [0.1, 0.15) is 13.2 Å². The van der Waals surface area contributed by atoms with E-state index < -0.39 is 17.5 Å². The first-order valence-corrected chi connectivity index (χ1v) is 13.1. The fourth-order valence-corrected chi connectivity index (χ4v) is 6.55. The van der Waals surface area contributed by atoms with E-state index in [-0.39, 0.29) is 43.5 Å². The molecule has 0 radical (unpaired) electrons. The lowest BCUT2D eigenvalue weighted by Crippen LogP contribution is -2.42. The molecule has 0 aromatic heterocycles. The lowest BCUT2D eigenvalue weighted by Gasteiger charge is -2.26. The van der Waals surface area contributed by atoms with Gasteiger partial charge in [-0.15, -0.1) is 0 Å². The molecule has 0 spiro atoms. The smallest absolute Gasteiger partial charge is 0.407 e. The van der Waals surface area contributed by atoms with Crippen molar-refractivity contribution in [2.45, 2.75) is 37.8 Å². The van der Waals surface area contributed by atoms with Gasteiger partial charge in [0.2, 0.25) is 5.91 Å². The van der Waals surface area contributed by atoms with Gasteiger partial charge in [-0.1, -0.05) is 78.9 Å². The highest BCUT2D eigenvalue weighted by Gasteiger charge is 2.66. The Hall–Kier alpha value is -4.13. The Morgan fingerprint density at radius 3 is 2.18 bits per heavy atom. The van der Waals surface area contributed by atoms with Crippen molar-refractivity contribution in [3.63, 3.8) is 0 Å². The number of rotatable bonds is 8. The Kier molecular flexibility index (Phi) is 6.14. The molecular weight excluding hydrogens is 480 g/mol. The molecule has 38 heavy (non-hydrogen) atoms. The lowest BCUT2D eigenvalue weighted by molar-refractivity contribution is -0.147. The number of fused-ring (bicyclic) bond motifs is 4. The summed E-state index contributed by atoms with van der Waals surface area (Å²) in [5.41, 5.74) is 4.97. The van der Waals surface area contributed by atoms with Crippen LogP contribution in [0.1, 0.15) is 41.9 Å². The van der Waals surface area contributed by atoms with Crippen molar-refractivity contribution in [2.75, 3.05) is 13.2 Å². The quantitative estimate of drug-likeness (QED) is 0.454. The van der Waals surface area contributed by atoms with Crippen molar-refractivity contribution in [2.24, 2.45) is 11.3 Å². The number of hydrogen-bond acceptors (Lipinski definition) is 4. The van der Waals surface area contributed by atoms with Crippen LogP contribution in [-0.4, -0.2) is 47.2 Å². The van der Waals surface area contributed by atoms with Crippen molar-refractivity contribution in [3.8, 4) is 11.1 Å². The molecule has 6 rings (SSSR count). The highest BCUT2D eigenvalue weighted by atomic mass is 16.5. The van der Waals surface area contributed by atoms with Crippen LogP contribution < -0.4 is 5.32 Å². The van der Waals surface area contributed by atoms with Crippen LogP contribution in [0.15, 0.2) is 78.9 Å². The molecule has 2 amide bonds. The predicted molar refractivity (Wildman–Crippen MR) is 141 cm³/mol. The van der Waals surface area contributed by atoms with Crippen molar-refractivity contribution < 1.29 is 24.2 Å². The second kappa shape index (κ2) is 9.63. The maximum Gasteiger partial charge on any atom is 0.407 e. The summed E-state index contributed by atoms with van der Waals surface area (Å²) in [5.74, 6) is -1.03. The maximum atomic E-state index is 13.5. The number of ether oxygens (including phenoxy) is 1. The maximum absolute atomic E-state index is 13.5. The van der Waals surface area contributed by atoms with Crippen LogP contribution in [0.5, 0.6) is 0 Å². The monoisotopic (exact) mass is 510 g/mol. The van der Waals surface area contributed by atoms with Crippen molar-refractivity contribution in [1.82, 2.24) is 10.2 Å². The molecule has 0 heterocycles. The highest BCUT2D eigenvalue weighted by molar-refractivity contribution is 5.89. The highest BCUT2D eigenvalue weighted by Crippen LogP contribution is 2.64. The molecule has 3 aliphatic carbocycles. The van der Waals surface area contributed by atoms with Crippen molar-refractivity contribution in [3.05, 3.63) is 95.6 Å². The zero-order valence-corrected chi connectivity index (χ0v) is 21.0. The summed E-state index contributed by atoms with van der Waals surface area (Å²) < 4.78 is 5.70. The number of alkyl carbamates (subject to hydrolysis) is 1. The lowest BCUT2D eigenvalue weighted by atomic mass is 9.98. The Labute approximate surface area is 221 Å². The Balaban J connectivity index is 1.08. The molecule has 3 unspecified atom stereocenters. The van der Waals surface area contributed by atoms with Gasteiger partial charge in [0.05, 0.1) is 5.41 Å². The van der Waals surface area contributed by atoms with Gasteiger partial charge in [0.15, 0.2) is 0 Å². The van der Waals surface area contributed by atoms with Gasteiger partial charge in [-0.05, 0) is 53.0 Å². The molecule has 2 N–H and O–H groups in total. The third-order valence-electron chi connectivity index (χ3n) is 8.33. The molecule has 194 valence electrons. The number of nitrogens with one attached hydrogen (secondary N) is 1. The Morgan fingerprint density at radius 1 is 0.895 bits per heavy atom. The molecule has 7 heteroatoms. The van der Waals surface area contributed by atoms with Crippen LogP contribution in [0.25, 0.3) is 11.1 Å². The minimum Gasteiger partial charge on any atom is -0.480 e. The average molecular weight is 511 g/mol. The van der Waals surface area contributed by atoms with E-state index >= 15 is 0 Å². The number of carboxylic acid groups (broad SMARTS) is 1. The van der Waals surface area contributed by atoms with E-state index in [4.69, 9.17) is 4.74 Å². The molecule has 0 bridgehead atoms. The molecule has 3 aromatic carbocycles.